The number of ether oxygens (including phenoxy) is 4. The minimum absolute atomic E-state index is 0.165. The Kier molecular flexibility index (Phi) is 9.18. The molecule has 2 heterocycles. The number of esters is 1. The van der Waals surface area contributed by atoms with Crippen LogP contribution in [0, 0.1) is 11.3 Å². The number of halogens is 1. The molecule has 44 heavy (non-hydrogen) atoms. The summed E-state index contributed by atoms with van der Waals surface area (Å²) in [5.74, 6) is 0.921. The lowest BCUT2D eigenvalue weighted by atomic mass is 9.95. The maximum atomic E-state index is 14.1. The Labute approximate surface area is 262 Å². The van der Waals surface area contributed by atoms with Gasteiger partial charge in [0, 0.05) is 10.6 Å². The van der Waals surface area contributed by atoms with Gasteiger partial charge in [-0.15, -0.1) is 0 Å². The zero-order valence-electron chi connectivity index (χ0n) is 24.4. The van der Waals surface area contributed by atoms with Gasteiger partial charge in [0.15, 0.2) is 16.3 Å². The predicted molar refractivity (Wildman–Crippen MR) is 167 cm³/mol. The number of nitrogens with zero attached hydrogens (tertiary/aromatic N) is 3. The summed E-state index contributed by atoms with van der Waals surface area (Å²) in [7, 11) is 3.05. The van der Waals surface area contributed by atoms with Gasteiger partial charge in [0.2, 0.25) is 0 Å². The number of hydrogen-bond acceptors (Lipinski definition) is 9. The highest BCUT2D eigenvalue weighted by Crippen LogP contribution is 2.36. The topological polar surface area (TPSA) is 112 Å². The fourth-order valence-electron chi connectivity index (χ4n) is 4.87. The number of aromatic nitrogens is 1. The first-order valence-corrected chi connectivity index (χ1v) is 14.8. The van der Waals surface area contributed by atoms with Crippen LogP contribution in [0.2, 0.25) is 5.02 Å². The van der Waals surface area contributed by atoms with Crippen LogP contribution in [0.1, 0.15) is 42.1 Å². The van der Waals surface area contributed by atoms with Gasteiger partial charge in [0.1, 0.15) is 12.4 Å². The molecule has 1 aromatic heterocycles. The van der Waals surface area contributed by atoms with Gasteiger partial charge in [-0.25, -0.2) is 9.79 Å². The van der Waals surface area contributed by atoms with E-state index >= 15 is 0 Å². The number of hydrogen-bond donors (Lipinski definition) is 0. The average molecular weight is 630 g/mol. The fourth-order valence-corrected chi connectivity index (χ4v) is 6.09. The van der Waals surface area contributed by atoms with Gasteiger partial charge in [0.05, 0.1) is 54.3 Å². The molecule has 9 nitrogen and oxygen atoms in total. The highest BCUT2D eigenvalue weighted by Gasteiger charge is 2.34. The highest BCUT2D eigenvalue weighted by atomic mass is 35.5. The lowest BCUT2D eigenvalue weighted by Gasteiger charge is -2.25. The summed E-state index contributed by atoms with van der Waals surface area (Å²) in [6, 6.07) is 18.8. The number of carbonyl (C=O) groups excluding carboxylic acids is 1. The Morgan fingerprint density at radius 1 is 1.07 bits per heavy atom. The third-order valence-corrected chi connectivity index (χ3v) is 8.19. The molecule has 3 aromatic carbocycles. The second-order valence-corrected chi connectivity index (χ2v) is 11.1. The second kappa shape index (κ2) is 13.2. The molecule has 0 fully saturated rings. The number of nitriles is 1. The van der Waals surface area contributed by atoms with E-state index in [1.54, 1.807) is 68.5 Å². The van der Waals surface area contributed by atoms with Crippen LogP contribution in [0.4, 0.5) is 0 Å². The van der Waals surface area contributed by atoms with Crippen LogP contribution in [0.3, 0.4) is 0 Å². The number of methoxy groups -OCH3 is 2. The van der Waals surface area contributed by atoms with Gasteiger partial charge in [-0.05, 0) is 73.5 Å². The lowest BCUT2D eigenvalue weighted by molar-refractivity contribution is -0.139. The molecule has 0 amide bonds. The SMILES string of the molecule is CCOC(=O)C1=C(C)N=c2s/c(=C/c3cc(Cl)ccc3OCc3ccc(C#N)cc3)c(=O)n2[C@@H]1c1ccc(OC)c(OC)c1. The Bertz CT molecular complexity index is 1990. The number of benzene rings is 3. The summed E-state index contributed by atoms with van der Waals surface area (Å²) in [5, 5.41) is 9.53. The molecule has 1 aliphatic heterocycles. The maximum absolute atomic E-state index is 14.1. The van der Waals surface area contributed by atoms with Crippen LogP contribution in [0.15, 0.2) is 81.7 Å². The zero-order valence-corrected chi connectivity index (χ0v) is 26.0. The molecule has 0 aliphatic carbocycles. The van der Waals surface area contributed by atoms with E-state index < -0.39 is 12.0 Å². The molecule has 0 spiro atoms. The first-order chi connectivity index (χ1) is 21.3. The van der Waals surface area contributed by atoms with Gasteiger partial charge < -0.3 is 18.9 Å². The monoisotopic (exact) mass is 629 g/mol. The van der Waals surface area contributed by atoms with Gasteiger partial charge in [-0.1, -0.05) is 41.1 Å². The van der Waals surface area contributed by atoms with E-state index in [0.717, 1.165) is 5.56 Å². The zero-order chi connectivity index (χ0) is 31.4. The van der Waals surface area contributed by atoms with Crippen molar-refractivity contribution in [2.75, 3.05) is 20.8 Å². The molecule has 224 valence electrons. The third kappa shape index (κ3) is 6.11. The molecule has 1 aliphatic rings. The summed E-state index contributed by atoms with van der Waals surface area (Å²) in [6.07, 6.45) is 1.71. The molecule has 0 unspecified atom stereocenters. The lowest BCUT2D eigenvalue weighted by Crippen LogP contribution is -2.40. The van der Waals surface area contributed by atoms with E-state index in [-0.39, 0.29) is 24.3 Å². The van der Waals surface area contributed by atoms with E-state index in [1.165, 1.54) is 30.1 Å². The van der Waals surface area contributed by atoms with Crippen LogP contribution >= 0.6 is 22.9 Å². The Morgan fingerprint density at radius 3 is 2.48 bits per heavy atom. The predicted octanol–water partition coefficient (Wildman–Crippen LogP) is 4.92. The minimum atomic E-state index is -0.821. The second-order valence-electron chi connectivity index (χ2n) is 9.70. The largest absolute Gasteiger partial charge is 0.493 e. The van der Waals surface area contributed by atoms with Crippen molar-refractivity contribution in [1.82, 2.24) is 4.57 Å². The van der Waals surface area contributed by atoms with Gasteiger partial charge in [-0.3, -0.25) is 9.36 Å². The van der Waals surface area contributed by atoms with E-state index in [9.17, 15) is 9.59 Å². The van der Waals surface area contributed by atoms with Crippen LogP contribution in [0.5, 0.6) is 17.2 Å². The van der Waals surface area contributed by atoms with Crippen molar-refractivity contribution in [1.29, 1.82) is 5.26 Å². The highest BCUT2D eigenvalue weighted by molar-refractivity contribution is 7.07. The smallest absolute Gasteiger partial charge is 0.338 e. The minimum Gasteiger partial charge on any atom is -0.493 e. The third-order valence-electron chi connectivity index (χ3n) is 6.98. The molecule has 0 bridgehead atoms. The van der Waals surface area contributed by atoms with Crippen LogP contribution in [-0.2, 0) is 16.1 Å². The van der Waals surface area contributed by atoms with Crippen molar-refractivity contribution < 1.29 is 23.7 Å². The first-order valence-electron chi connectivity index (χ1n) is 13.6. The van der Waals surface area contributed by atoms with Crippen molar-refractivity contribution in [3.8, 4) is 23.3 Å². The molecule has 0 saturated carbocycles. The Balaban J connectivity index is 1.62. The van der Waals surface area contributed by atoms with E-state index in [0.29, 0.717) is 54.0 Å². The van der Waals surface area contributed by atoms with Crippen molar-refractivity contribution >= 4 is 35.0 Å². The van der Waals surface area contributed by atoms with Gasteiger partial charge in [0.25, 0.3) is 5.56 Å². The molecular formula is C33H28ClN3O6S. The van der Waals surface area contributed by atoms with Crippen molar-refractivity contribution in [2.45, 2.75) is 26.5 Å². The summed E-state index contributed by atoms with van der Waals surface area (Å²) >= 11 is 7.54. The molecule has 5 rings (SSSR count). The Morgan fingerprint density at radius 2 is 1.80 bits per heavy atom. The standard InChI is InChI=1S/C33H28ClN3O6S/c1-5-42-32(39)29-19(2)36-33-37(30(29)22-10-12-26(40-3)27(15-22)41-4)31(38)28(44-33)16-23-14-24(34)11-13-25(23)43-18-21-8-6-20(17-35)7-9-21/h6-16,30H,5,18H2,1-4H3/b28-16+/t30-/m1/s1. The molecule has 0 saturated heterocycles. The van der Waals surface area contributed by atoms with Crippen LogP contribution < -0.4 is 29.1 Å². The summed E-state index contributed by atoms with van der Waals surface area (Å²) in [5.41, 5.74) is 3.02. The molecule has 0 N–H and O–H groups in total. The van der Waals surface area contributed by atoms with E-state index in [4.69, 9.17) is 35.8 Å². The quantitative estimate of drug-likeness (QED) is 0.242. The summed E-state index contributed by atoms with van der Waals surface area (Å²) in [4.78, 5) is 32.4. The van der Waals surface area contributed by atoms with Crippen LogP contribution in [0.25, 0.3) is 6.08 Å². The fraction of sp³-hybridized carbons (Fsp3) is 0.212. The Hall–Kier alpha value is -4.85. The molecular weight excluding hydrogens is 602 g/mol. The summed E-state index contributed by atoms with van der Waals surface area (Å²) < 4.78 is 24.3. The number of carbonyl (C=O) groups is 1. The number of allylic oxidation sites excluding steroid dienone is 1. The molecule has 0 radical (unpaired) electrons. The van der Waals surface area contributed by atoms with Crippen molar-refractivity contribution in [3.05, 3.63) is 119 Å². The van der Waals surface area contributed by atoms with Gasteiger partial charge >= 0.3 is 5.97 Å². The first kappa shape index (κ1) is 30.6. The van der Waals surface area contributed by atoms with Crippen molar-refractivity contribution in [3.63, 3.8) is 0 Å². The molecule has 11 heteroatoms. The number of thiazole rings is 1. The maximum Gasteiger partial charge on any atom is 0.338 e. The van der Waals surface area contributed by atoms with Gasteiger partial charge in [-0.2, -0.15) is 5.26 Å². The van der Waals surface area contributed by atoms with E-state index in [1.807, 2.05) is 12.1 Å². The number of fused-ring (bicyclic) bond motifs is 1. The van der Waals surface area contributed by atoms with E-state index in [2.05, 4.69) is 11.1 Å². The normalized spacial score (nSPS) is 14.4. The molecule has 1 atom stereocenters. The molecule has 4 aromatic rings. The number of rotatable bonds is 9. The summed E-state index contributed by atoms with van der Waals surface area (Å²) in [6.45, 7) is 3.86. The van der Waals surface area contributed by atoms with Crippen molar-refractivity contribution in [2.24, 2.45) is 4.99 Å². The van der Waals surface area contributed by atoms with Crippen LogP contribution in [-0.4, -0.2) is 31.4 Å². The average Bonchev–Trinajstić information content (AvgIpc) is 3.33.